The first-order valence-electron chi connectivity index (χ1n) is 21.9. The van der Waals surface area contributed by atoms with Gasteiger partial charge >= 0.3 is 18.3 Å². The molecule has 0 aromatic heterocycles. The summed E-state index contributed by atoms with van der Waals surface area (Å²) in [4.78, 5) is 40.5. The lowest BCUT2D eigenvalue weighted by Gasteiger charge is -2.49. The van der Waals surface area contributed by atoms with E-state index in [0.29, 0.717) is 17.7 Å². The van der Waals surface area contributed by atoms with Crippen molar-refractivity contribution in [3.05, 3.63) is 95.6 Å². The van der Waals surface area contributed by atoms with Crippen LogP contribution in [-0.2, 0) is 39.4 Å². The number of alkyl halides is 3. The zero-order valence-electron chi connectivity index (χ0n) is 36.0. The minimum absolute atomic E-state index is 0.0942. The van der Waals surface area contributed by atoms with E-state index < -0.39 is 91.8 Å². The minimum Gasteiger partial charge on any atom is -0.440 e. The summed E-state index contributed by atoms with van der Waals surface area (Å²) in [6, 6.07) is 16.8. The highest BCUT2D eigenvalue weighted by Gasteiger charge is 2.54. The Hall–Kier alpha value is -4.82. The van der Waals surface area contributed by atoms with E-state index in [9.17, 15) is 37.8 Å². The van der Waals surface area contributed by atoms with E-state index >= 15 is 0 Å². The van der Waals surface area contributed by atoms with Crippen LogP contribution in [0.3, 0.4) is 0 Å². The van der Waals surface area contributed by atoms with Crippen LogP contribution < -0.4 is 21.3 Å². The molecule has 18 heteroatoms. The van der Waals surface area contributed by atoms with Gasteiger partial charge in [-0.15, -0.1) is 0 Å². The molecule has 64 heavy (non-hydrogen) atoms. The average Bonchev–Trinajstić information content (AvgIpc) is 3.27. The molecular weight excluding hydrogens is 842 g/mol. The number of rotatable bonds is 18. The molecule has 0 bridgehead atoms. The molecule has 0 saturated carbocycles. The second-order valence-corrected chi connectivity index (χ2v) is 16.3. The molecule has 3 aromatic rings. The Bertz CT molecular complexity index is 1960. The number of halogens is 3. The van der Waals surface area contributed by atoms with E-state index in [1.54, 1.807) is 42.5 Å². The molecule has 10 atom stereocenters. The number of anilines is 2. The summed E-state index contributed by atoms with van der Waals surface area (Å²) in [6.45, 7) is 3.03. The van der Waals surface area contributed by atoms with Crippen LogP contribution in [0.25, 0.3) is 0 Å². The van der Waals surface area contributed by atoms with Gasteiger partial charge in [-0.2, -0.15) is 13.2 Å². The third kappa shape index (κ3) is 13.6. The molecular formula is C46H59F3N4O11. The Morgan fingerprint density at radius 1 is 0.797 bits per heavy atom. The van der Waals surface area contributed by atoms with Gasteiger partial charge in [-0.3, -0.25) is 10.1 Å². The third-order valence-corrected chi connectivity index (χ3v) is 11.3. The predicted octanol–water partition coefficient (Wildman–Crippen LogP) is 7.11. The summed E-state index contributed by atoms with van der Waals surface area (Å²) in [5.41, 5.74) is 0.842. The Kier molecular flexibility index (Phi) is 17.8. The van der Waals surface area contributed by atoms with Gasteiger partial charge in [0.15, 0.2) is 18.7 Å². The van der Waals surface area contributed by atoms with Crippen molar-refractivity contribution >= 4 is 29.4 Å². The zero-order valence-corrected chi connectivity index (χ0v) is 36.0. The first-order valence-corrected chi connectivity index (χ1v) is 21.9. The molecule has 3 fully saturated rings. The second kappa shape index (κ2) is 23.4. The first-order chi connectivity index (χ1) is 30.8. The molecule has 0 radical (unpaired) electrons. The van der Waals surface area contributed by atoms with Crippen molar-refractivity contribution < 1.29 is 66.2 Å². The lowest BCUT2D eigenvalue weighted by atomic mass is 9.93. The van der Waals surface area contributed by atoms with E-state index in [4.69, 9.17) is 28.4 Å². The maximum absolute atomic E-state index is 13.5. The van der Waals surface area contributed by atoms with Crippen LogP contribution in [-0.4, -0.2) is 103 Å². The van der Waals surface area contributed by atoms with Gasteiger partial charge in [0.2, 0.25) is 5.91 Å². The number of ether oxygens (including phenoxy) is 6. The number of carbonyl (C=O) groups excluding carboxylic acids is 3. The summed E-state index contributed by atoms with van der Waals surface area (Å²) in [5, 5.41) is 33.2. The molecule has 6 rings (SSSR count). The number of unbranched alkanes of at least 4 members (excludes halogenated alkanes) is 7. The predicted molar refractivity (Wildman–Crippen MR) is 228 cm³/mol. The number of carbonyl (C=O) groups is 3. The van der Waals surface area contributed by atoms with Crippen LogP contribution in [0, 0.1) is 6.92 Å². The molecule has 6 N–H and O–H groups in total. The molecule has 0 spiro atoms. The maximum Gasteiger partial charge on any atom is 0.416 e. The number of fused-ring (bicyclic) bond motifs is 1. The quantitative estimate of drug-likeness (QED) is 0.0713. The van der Waals surface area contributed by atoms with E-state index in [-0.39, 0.29) is 31.2 Å². The fraction of sp³-hybridized carbons (Fsp3) is 0.543. The van der Waals surface area contributed by atoms with E-state index in [1.165, 1.54) is 12.5 Å². The van der Waals surface area contributed by atoms with Crippen molar-refractivity contribution in [3.63, 3.8) is 0 Å². The number of aliphatic hydroxyl groups excluding tert-OH is 2. The van der Waals surface area contributed by atoms with Gasteiger partial charge in [0.1, 0.15) is 30.5 Å². The van der Waals surface area contributed by atoms with Crippen LogP contribution in [0.4, 0.5) is 34.1 Å². The third-order valence-electron chi connectivity index (χ3n) is 11.3. The number of aliphatic hydroxyl groups is 2. The number of hydrogen-bond donors (Lipinski definition) is 6. The largest absolute Gasteiger partial charge is 0.440 e. The van der Waals surface area contributed by atoms with Crippen LogP contribution in [0.1, 0.15) is 87.7 Å². The maximum atomic E-state index is 13.5. The standard InChI is InChI=1S/C46H59F3N4O11/c1-3-4-5-6-7-8-9-13-22-36(55)53-37-34(25-54)59-26-33(52-44(57)50-32-21-15-19-30(24-32)46(47,48)49)39(37)62-43-38(56)41(64-45(58)51-31-20-14-16-28(2)23-31)40-35(61-43)27-60-42(63-40)29-17-11-10-12-18-29/h10-12,14-21,23-24,33-35,37-43,54,56H,3-9,13,22,25-27H2,1-2H3,(H,51,58)(H,53,55)(H2,50,52,57)/t33?,34?,35?,37-,38?,39+,40-,41+,42?,43+/m0/s1. The van der Waals surface area contributed by atoms with Gasteiger partial charge in [0.05, 0.1) is 37.5 Å². The Morgan fingerprint density at radius 2 is 1.50 bits per heavy atom. The summed E-state index contributed by atoms with van der Waals surface area (Å²) in [7, 11) is 0. The van der Waals surface area contributed by atoms with Crippen molar-refractivity contribution in [1.82, 2.24) is 10.6 Å². The highest BCUT2D eigenvalue weighted by molar-refractivity contribution is 5.89. The number of aryl methyl sites for hydroxylation is 1. The van der Waals surface area contributed by atoms with Gasteiger partial charge in [-0.1, -0.05) is 100 Å². The van der Waals surface area contributed by atoms with Gasteiger partial charge in [0, 0.05) is 23.4 Å². The highest BCUT2D eigenvalue weighted by Crippen LogP contribution is 2.37. The summed E-state index contributed by atoms with van der Waals surface area (Å²) in [5.74, 6) is -0.388. The topological polar surface area (TPSA) is 195 Å². The van der Waals surface area contributed by atoms with E-state index in [0.717, 1.165) is 62.3 Å². The Labute approximate surface area is 370 Å². The van der Waals surface area contributed by atoms with E-state index in [2.05, 4.69) is 28.2 Å². The summed E-state index contributed by atoms with van der Waals surface area (Å²) in [6.07, 6.45) is -7.52. The summed E-state index contributed by atoms with van der Waals surface area (Å²) < 4.78 is 77.4. The molecule has 3 aromatic carbocycles. The smallest absolute Gasteiger partial charge is 0.416 e. The van der Waals surface area contributed by atoms with Crippen LogP contribution in [0.15, 0.2) is 78.9 Å². The molecule has 4 amide bonds. The van der Waals surface area contributed by atoms with E-state index in [1.807, 2.05) is 19.1 Å². The number of hydrogen-bond acceptors (Lipinski definition) is 11. The lowest BCUT2D eigenvalue weighted by molar-refractivity contribution is -0.369. The van der Waals surface area contributed by atoms with Crippen LogP contribution in [0.5, 0.6) is 0 Å². The molecule has 350 valence electrons. The minimum atomic E-state index is -4.66. The Balaban J connectivity index is 1.24. The molecule has 3 saturated heterocycles. The van der Waals surface area contributed by atoms with Crippen molar-refractivity contribution in [2.45, 2.75) is 139 Å². The summed E-state index contributed by atoms with van der Waals surface area (Å²) >= 11 is 0. The van der Waals surface area contributed by atoms with Crippen molar-refractivity contribution in [3.8, 4) is 0 Å². The fourth-order valence-electron chi connectivity index (χ4n) is 8.06. The van der Waals surface area contributed by atoms with Crippen molar-refractivity contribution in [2.24, 2.45) is 0 Å². The monoisotopic (exact) mass is 900 g/mol. The molecule has 15 nitrogen and oxygen atoms in total. The van der Waals surface area contributed by atoms with Gasteiger partial charge in [-0.25, -0.2) is 9.59 Å². The van der Waals surface area contributed by atoms with Gasteiger partial charge < -0.3 is 54.6 Å². The van der Waals surface area contributed by atoms with Crippen LogP contribution >= 0.6 is 0 Å². The number of amides is 4. The van der Waals surface area contributed by atoms with Crippen molar-refractivity contribution in [2.75, 3.05) is 30.5 Å². The SMILES string of the molecule is CCCCCCCCCCC(=O)N[C@H]1C(CO)OCC(NC(=O)Nc2cccc(C(F)(F)F)c2)[C@H]1O[C@H]1OC2COC(c3ccccc3)O[C@@H]2[C@H](OC(=O)Nc2cccc(C)c2)C1O. The molecule has 0 aliphatic carbocycles. The average molecular weight is 901 g/mol. The molecule has 3 aliphatic rings. The molecule has 5 unspecified atom stereocenters. The normalized spacial score (nSPS) is 26.9. The fourth-order valence-corrected chi connectivity index (χ4v) is 8.06. The number of nitrogens with one attached hydrogen (secondary N) is 4. The van der Waals surface area contributed by atoms with Crippen molar-refractivity contribution in [1.29, 1.82) is 0 Å². The lowest BCUT2D eigenvalue weighted by Crippen LogP contribution is -2.69. The second-order valence-electron chi connectivity index (χ2n) is 16.3. The molecule has 3 heterocycles. The number of urea groups is 1. The molecule has 3 aliphatic heterocycles. The van der Waals surface area contributed by atoms with Gasteiger partial charge in [-0.05, 0) is 49.2 Å². The zero-order chi connectivity index (χ0) is 45.6. The van der Waals surface area contributed by atoms with Gasteiger partial charge in [0.25, 0.3) is 0 Å². The van der Waals surface area contributed by atoms with Crippen LogP contribution in [0.2, 0.25) is 0 Å². The highest BCUT2D eigenvalue weighted by atomic mass is 19.4. The first kappa shape index (κ1) is 48.6. The Morgan fingerprint density at radius 3 is 2.20 bits per heavy atom. The number of benzene rings is 3.